The number of carbonyl (C=O) groups is 1. The number of hydrogen-bond donors (Lipinski definition) is 3. The number of nitrogens with zero attached hydrogens (tertiary/aromatic N) is 5. The Bertz CT molecular complexity index is 1410. The van der Waals surface area contributed by atoms with Crippen LogP contribution < -0.4 is 15.5 Å². The molecular formula is C29H33ClN8O. The maximum Gasteiger partial charge on any atom is 0.234 e. The van der Waals surface area contributed by atoms with Crippen LogP contribution in [0.4, 0.5) is 11.5 Å². The van der Waals surface area contributed by atoms with Gasteiger partial charge in [0, 0.05) is 79.7 Å². The molecule has 1 aliphatic heterocycles. The Morgan fingerprint density at radius 3 is 2.56 bits per heavy atom. The number of nitrogens with one attached hydrogen (secondary N) is 3. The molecule has 4 aromatic rings. The number of hydrogen-bond acceptors (Lipinski definition) is 7. The Kier molecular flexibility index (Phi) is 7.60. The monoisotopic (exact) mass is 544 g/mol. The smallest absolute Gasteiger partial charge is 0.234 e. The lowest BCUT2D eigenvalue weighted by Gasteiger charge is -2.36. The van der Waals surface area contributed by atoms with E-state index < -0.39 is 0 Å². The zero-order valence-electron chi connectivity index (χ0n) is 21.8. The van der Waals surface area contributed by atoms with Crippen LogP contribution in [0, 0.1) is 0 Å². The van der Waals surface area contributed by atoms with Gasteiger partial charge >= 0.3 is 0 Å². The first kappa shape index (κ1) is 25.6. The number of halogens is 1. The first-order valence-electron chi connectivity index (χ1n) is 13.6. The summed E-state index contributed by atoms with van der Waals surface area (Å²) in [4.78, 5) is 33.6. The van der Waals surface area contributed by atoms with Crippen molar-refractivity contribution in [2.24, 2.45) is 0 Å². The largest absolute Gasteiger partial charge is 0.369 e. The van der Waals surface area contributed by atoms with Gasteiger partial charge in [0.25, 0.3) is 0 Å². The summed E-state index contributed by atoms with van der Waals surface area (Å²) >= 11 is 6.40. The van der Waals surface area contributed by atoms with E-state index >= 15 is 0 Å². The quantitative estimate of drug-likeness (QED) is 0.297. The second kappa shape index (κ2) is 11.6. The molecule has 0 unspecified atom stereocenters. The number of pyridine rings is 3. The highest BCUT2D eigenvalue weighted by atomic mass is 35.5. The summed E-state index contributed by atoms with van der Waals surface area (Å²) in [5, 5.41) is 8.36. The molecule has 10 heteroatoms. The van der Waals surface area contributed by atoms with Crippen molar-refractivity contribution >= 4 is 40.0 Å². The molecule has 3 N–H and O–H groups in total. The van der Waals surface area contributed by atoms with Gasteiger partial charge in [0.1, 0.15) is 16.6 Å². The molecule has 9 nitrogen and oxygen atoms in total. The fraction of sp³-hybridized carbons (Fsp3) is 0.379. The van der Waals surface area contributed by atoms with E-state index in [0.717, 1.165) is 79.8 Å². The standard InChI is InChI=1S/C29H33ClN8O/c30-26-16-20(25-18-33-29-24(25)2-1-9-32-29)17-27(36-26)34-21-3-5-22(6-4-21)35-28(39)19-37-12-14-38(15-13-37)23-7-10-31-11-8-23/h1-2,7-11,16-18,21-22H,3-6,12-15,19H2,(H,32,33)(H,34,36)(H,35,39)/t21-,22-. The number of H-pyrrole nitrogens is 1. The zero-order valence-corrected chi connectivity index (χ0v) is 22.6. The summed E-state index contributed by atoms with van der Waals surface area (Å²) in [6.07, 6.45) is 11.2. The Hall–Kier alpha value is -3.69. The van der Waals surface area contributed by atoms with Crippen LogP contribution >= 0.6 is 11.6 Å². The topological polar surface area (TPSA) is 102 Å². The molecule has 6 rings (SSSR count). The van der Waals surface area contributed by atoms with Crippen LogP contribution in [0.5, 0.6) is 0 Å². The molecule has 1 amide bonds. The molecule has 39 heavy (non-hydrogen) atoms. The molecule has 2 aliphatic rings. The normalized spacial score (nSPS) is 20.2. The van der Waals surface area contributed by atoms with Crippen molar-refractivity contribution in [3.63, 3.8) is 0 Å². The summed E-state index contributed by atoms with van der Waals surface area (Å²) in [5.74, 6) is 0.896. The first-order chi connectivity index (χ1) is 19.1. The number of carbonyl (C=O) groups excluding carboxylic acids is 1. The molecule has 0 aromatic carbocycles. The molecule has 0 radical (unpaired) electrons. The fourth-order valence-electron chi connectivity index (χ4n) is 5.71. The highest BCUT2D eigenvalue weighted by molar-refractivity contribution is 6.29. The van der Waals surface area contributed by atoms with Crippen molar-refractivity contribution in [3.05, 3.63) is 66.3 Å². The number of fused-ring (bicyclic) bond motifs is 1. The molecule has 0 atom stereocenters. The van der Waals surface area contributed by atoms with Crippen molar-refractivity contribution in [2.75, 3.05) is 42.9 Å². The Labute approximate surface area is 233 Å². The molecule has 1 aliphatic carbocycles. The van der Waals surface area contributed by atoms with E-state index in [1.165, 1.54) is 5.69 Å². The Balaban J connectivity index is 0.974. The number of aromatic nitrogens is 4. The Morgan fingerprint density at radius 1 is 1.00 bits per heavy atom. The second-order valence-electron chi connectivity index (χ2n) is 10.4. The third-order valence-corrected chi connectivity index (χ3v) is 7.96. The molecular weight excluding hydrogens is 512 g/mol. The van der Waals surface area contributed by atoms with Crippen molar-refractivity contribution in [1.29, 1.82) is 0 Å². The van der Waals surface area contributed by atoms with E-state index in [0.29, 0.717) is 17.7 Å². The van der Waals surface area contributed by atoms with Crippen molar-refractivity contribution in [3.8, 4) is 11.1 Å². The van der Waals surface area contributed by atoms with Gasteiger partial charge in [0.05, 0.1) is 6.54 Å². The maximum atomic E-state index is 12.8. The van der Waals surface area contributed by atoms with E-state index in [1.807, 2.05) is 55.0 Å². The van der Waals surface area contributed by atoms with E-state index in [4.69, 9.17) is 11.6 Å². The lowest BCUT2D eigenvalue weighted by Crippen LogP contribution is -2.51. The van der Waals surface area contributed by atoms with Crippen LogP contribution in [0.15, 0.2) is 61.2 Å². The maximum absolute atomic E-state index is 12.8. The molecule has 5 heterocycles. The van der Waals surface area contributed by atoms with Crippen molar-refractivity contribution in [1.82, 2.24) is 30.2 Å². The highest BCUT2D eigenvalue weighted by Gasteiger charge is 2.25. The molecule has 0 spiro atoms. The summed E-state index contributed by atoms with van der Waals surface area (Å²) in [6, 6.07) is 12.5. The number of aromatic amines is 1. The third-order valence-electron chi connectivity index (χ3n) is 7.77. The van der Waals surface area contributed by atoms with E-state index in [1.54, 1.807) is 6.20 Å². The summed E-state index contributed by atoms with van der Waals surface area (Å²) in [7, 11) is 0. The minimum absolute atomic E-state index is 0.123. The average Bonchev–Trinajstić information content (AvgIpc) is 3.39. The van der Waals surface area contributed by atoms with Crippen LogP contribution in [0.2, 0.25) is 5.15 Å². The number of rotatable bonds is 7. The van der Waals surface area contributed by atoms with Gasteiger partial charge in [-0.2, -0.15) is 0 Å². The predicted molar refractivity (Wildman–Crippen MR) is 155 cm³/mol. The number of anilines is 2. The third kappa shape index (κ3) is 6.15. The number of piperazine rings is 1. The van der Waals surface area contributed by atoms with Gasteiger partial charge in [-0.25, -0.2) is 9.97 Å². The van der Waals surface area contributed by atoms with E-state index in [2.05, 4.69) is 40.4 Å². The van der Waals surface area contributed by atoms with Crippen molar-refractivity contribution in [2.45, 2.75) is 37.8 Å². The van der Waals surface area contributed by atoms with Gasteiger partial charge in [-0.15, -0.1) is 0 Å². The van der Waals surface area contributed by atoms with Gasteiger partial charge in [0.15, 0.2) is 0 Å². The summed E-state index contributed by atoms with van der Waals surface area (Å²) in [5.41, 5.74) is 4.09. The Morgan fingerprint density at radius 2 is 1.77 bits per heavy atom. The van der Waals surface area contributed by atoms with Gasteiger partial charge in [-0.1, -0.05) is 11.6 Å². The van der Waals surface area contributed by atoms with Crippen LogP contribution in [0.1, 0.15) is 25.7 Å². The average molecular weight is 545 g/mol. The second-order valence-corrected chi connectivity index (χ2v) is 10.8. The van der Waals surface area contributed by atoms with Crippen LogP contribution in [0.3, 0.4) is 0 Å². The minimum Gasteiger partial charge on any atom is -0.369 e. The predicted octanol–water partition coefficient (Wildman–Crippen LogP) is 4.33. The van der Waals surface area contributed by atoms with Crippen LogP contribution in [-0.4, -0.2) is 75.6 Å². The number of amides is 1. The molecule has 4 aromatic heterocycles. The van der Waals surface area contributed by atoms with Gasteiger partial charge in [-0.3, -0.25) is 14.7 Å². The van der Waals surface area contributed by atoms with Crippen LogP contribution in [0.25, 0.3) is 22.2 Å². The van der Waals surface area contributed by atoms with Crippen LogP contribution in [-0.2, 0) is 4.79 Å². The first-order valence-corrected chi connectivity index (χ1v) is 14.0. The van der Waals surface area contributed by atoms with E-state index in [-0.39, 0.29) is 11.9 Å². The van der Waals surface area contributed by atoms with Gasteiger partial charge in [0.2, 0.25) is 5.91 Å². The molecule has 2 fully saturated rings. The minimum atomic E-state index is 0.123. The van der Waals surface area contributed by atoms with E-state index in [9.17, 15) is 4.79 Å². The molecule has 1 saturated heterocycles. The summed E-state index contributed by atoms with van der Waals surface area (Å²) in [6.45, 7) is 4.07. The molecule has 0 bridgehead atoms. The zero-order chi connectivity index (χ0) is 26.6. The van der Waals surface area contributed by atoms with Crippen molar-refractivity contribution < 1.29 is 4.79 Å². The highest BCUT2D eigenvalue weighted by Crippen LogP contribution is 2.31. The fourth-order valence-corrected chi connectivity index (χ4v) is 5.92. The molecule has 1 saturated carbocycles. The lowest BCUT2D eigenvalue weighted by molar-refractivity contribution is -0.123. The SMILES string of the molecule is O=C(CN1CCN(c2ccncc2)CC1)N[C@H]1CC[C@H](Nc2cc(-c3c[nH]c4ncccc34)cc(Cl)n2)CC1. The van der Waals surface area contributed by atoms with Gasteiger partial charge < -0.3 is 20.5 Å². The lowest BCUT2D eigenvalue weighted by atomic mass is 9.91. The summed E-state index contributed by atoms with van der Waals surface area (Å²) < 4.78 is 0. The van der Waals surface area contributed by atoms with Gasteiger partial charge in [-0.05, 0) is 67.6 Å². The molecule has 202 valence electrons.